The molecular weight excluding hydrogens is 385 g/mol. The van der Waals surface area contributed by atoms with Crippen molar-refractivity contribution in [1.82, 2.24) is 4.98 Å². The molecule has 1 atom stereocenters. The first-order chi connectivity index (χ1) is 11.0. The third kappa shape index (κ3) is 7.08. The van der Waals surface area contributed by atoms with E-state index in [1.54, 1.807) is 30.6 Å². The molecule has 2 rings (SSSR count). The number of halogens is 3. The van der Waals surface area contributed by atoms with Crippen molar-refractivity contribution in [1.29, 1.82) is 0 Å². The highest BCUT2D eigenvalue weighted by atomic mass is 35.5. The maximum atomic E-state index is 11.9. The normalized spacial score (nSPS) is 11.1. The van der Waals surface area contributed by atoms with Gasteiger partial charge in [0.15, 0.2) is 0 Å². The molecule has 3 N–H and O–H groups in total. The van der Waals surface area contributed by atoms with Gasteiger partial charge in [-0.1, -0.05) is 31.5 Å². The third-order valence-electron chi connectivity index (χ3n) is 3.34. The summed E-state index contributed by atoms with van der Waals surface area (Å²) >= 11 is 6.20. The first-order valence-electron chi connectivity index (χ1n) is 7.35. The molecule has 8 heteroatoms. The van der Waals surface area contributed by atoms with E-state index in [0.717, 1.165) is 5.56 Å². The van der Waals surface area contributed by atoms with Crippen LogP contribution in [0.3, 0.4) is 0 Å². The monoisotopic (exact) mass is 405 g/mol. The van der Waals surface area contributed by atoms with Crippen molar-refractivity contribution in [2.75, 3.05) is 5.32 Å². The van der Waals surface area contributed by atoms with E-state index in [2.05, 4.69) is 10.3 Å². The van der Waals surface area contributed by atoms with Gasteiger partial charge in [0.2, 0.25) is 5.91 Å². The van der Waals surface area contributed by atoms with Gasteiger partial charge in [-0.05, 0) is 30.2 Å². The Labute approximate surface area is 165 Å². The fourth-order valence-corrected chi connectivity index (χ4v) is 2.10. The van der Waals surface area contributed by atoms with Gasteiger partial charge in [0, 0.05) is 23.6 Å². The lowest BCUT2D eigenvalue weighted by Crippen LogP contribution is -2.39. The summed E-state index contributed by atoms with van der Waals surface area (Å²) in [6.07, 6.45) is 3.44. The lowest BCUT2D eigenvalue weighted by Gasteiger charge is -2.16. The summed E-state index contributed by atoms with van der Waals surface area (Å²) in [6.45, 7) is 4.16. The summed E-state index contributed by atoms with van der Waals surface area (Å²) in [5.41, 5.74) is 7.35. The molecule has 0 bridgehead atoms. The average Bonchev–Trinajstić information content (AvgIpc) is 2.54. The highest BCUT2D eigenvalue weighted by Crippen LogP contribution is 2.28. The molecule has 2 aromatic rings. The highest BCUT2D eigenvalue weighted by Gasteiger charge is 2.17. The maximum absolute atomic E-state index is 11.9. The number of pyridine rings is 1. The van der Waals surface area contributed by atoms with Gasteiger partial charge in [-0.2, -0.15) is 0 Å². The third-order valence-corrected chi connectivity index (χ3v) is 3.63. The molecule has 0 radical (unpaired) electrons. The number of benzene rings is 1. The maximum Gasteiger partial charge on any atom is 0.241 e. The van der Waals surface area contributed by atoms with Crippen LogP contribution in [0, 0.1) is 5.92 Å². The summed E-state index contributed by atoms with van der Waals surface area (Å²) in [7, 11) is 0. The molecule has 5 nitrogen and oxygen atoms in total. The molecule has 1 aromatic heterocycles. The highest BCUT2D eigenvalue weighted by molar-refractivity contribution is 6.32. The Morgan fingerprint density at radius 1 is 1.32 bits per heavy atom. The number of nitrogens with zero attached hydrogens (tertiary/aromatic N) is 1. The van der Waals surface area contributed by atoms with E-state index < -0.39 is 6.04 Å². The fourth-order valence-electron chi connectivity index (χ4n) is 1.87. The van der Waals surface area contributed by atoms with Crippen LogP contribution >= 0.6 is 36.4 Å². The average molecular weight is 407 g/mol. The molecule has 0 aliphatic carbocycles. The van der Waals surface area contributed by atoms with Crippen molar-refractivity contribution in [3.05, 3.63) is 53.3 Å². The molecular formula is C17H22Cl3N3O2. The number of aromatic nitrogens is 1. The largest absolute Gasteiger partial charge is 0.487 e. The molecule has 0 aliphatic heterocycles. The lowest BCUT2D eigenvalue weighted by molar-refractivity contribution is -0.118. The van der Waals surface area contributed by atoms with Gasteiger partial charge in [-0.25, -0.2) is 0 Å². The molecule has 1 amide bonds. The lowest BCUT2D eigenvalue weighted by atomic mass is 10.0. The summed E-state index contributed by atoms with van der Waals surface area (Å²) in [4.78, 5) is 16.0. The van der Waals surface area contributed by atoms with E-state index in [1.165, 1.54) is 0 Å². The minimum Gasteiger partial charge on any atom is -0.487 e. The smallest absolute Gasteiger partial charge is 0.241 e. The Kier molecular flexibility index (Phi) is 10.5. The standard InChI is InChI=1S/C17H20ClN3O2.2ClH/c1-11(2)16(19)17(22)21-13-5-6-15(14(18)8-13)23-10-12-4-3-7-20-9-12;;/h3-9,11,16H,10,19H2,1-2H3,(H,21,22);2*1H/t16-;;/m0../s1. The molecule has 0 unspecified atom stereocenters. The number of amides is 1. The second kappa shape index (κ2) is 11.2. The molecule has 138 valence electrons. The van der Waals surface area contributed by atoms with Crippen molar-refractivity contribution < 1.29 is 9.53 Å². The van der Waals surface area contributed by atoms with Crippen LogP contribution in [0.15, 0.2) is 42.7 Å². The summed E-state index contributed by atoms with van der Waals surface area (Å²) < 4.78 is 5.66. The Bertz CT molecular complexity index is 669. The van der Waals surface area contributed by atoms with Gasteiger partial charge >= 0.3 is 0 Å². The molecule has 0 saturated heterocycles. The SMILES string of the molecule is CC(C)[C@H](N)C(=O)Nc1ccc(OCc2cccnc2)c(Cl)c1.Cl.Cl. The van der Waals surface area contributed by atoms with E-state index >= 15 is 0 Å². The van der Waals surface area contributed by atoms with Crippen molar-refractivity contribution in [2.45, 2.75) is 26.5 Å². The molecule has 25 heavy (non-hydrogen) atoms. The predicted octanol–water partition coefficient (Wildman–Crippen LogP) is 4.08. The van der Waals surface area contributed by atoms with E-state index in [1.807, 2.05) is 26.0 Å². The van der Waals surface area contributed by atoms with Crippen LogP contribution in [-0.2, 0) is 11.4 Å². The van der Waals surface area contributed by atoms with Gasteiger partial charge in [0.1, 0.15) is 12.4 Å². The minimum absolute atomic E-state index is 0. The minimum atomic E-state index is -0.560. The first kappa shape index (κ1) is 23.5. The van der Waals surface area contributed by atoms with Gasteiger partial charge in [-0.3, -0.25) is 9.78 Å². The number of nitrogens with two attached hydrogens (primary N) is 1. The van der Waals surface area contributed by atoms with Crippen molar-refractivity contribution >= 4 is 48.0 Å². The zero-order valence-corrected chi connectivity index (χ0v) is 16.3. The number of anilines is 1. The molecule has 0 aliphatic rings. The van der Waals surface area contributed by atoms with Crippen LogP contribution in [0.4, 0.5) is 5.69 Å². The predicted molar refractivity (Wildman–Crippen MR) is 106 cm³/mol. The second-order valence-electron chi connectivity index (χ2n) is 5.55. The molecule has 0 saturated carbocycles. The zero-order chi connectivity index (χ0) is 16.8. The number of hydrogen-bond donors (Lipinski definition) is 2. The van der Waals surface area contributed by atoms with E-state index in [0.29, 0.717) is 23.1 Å². The number of rotatable bonds is 6. The number of ether oxygens (including phenoxy) is 1. The Hall–Kier alpha value is -1.53. The van der Waals surface area contributed by atoms with Crippen molar-refractivity contribution in [3.63, 3.8) is 0 Å². The van der Waals surface area contributed by atoms with Crippen LogP contribution < -0.4 is 15.8 Å². The van der Waals surface area contributed by atoms with E-state index in [4.69, 9.17) is 22.1 Å². The van der Waals surface area contributed by atoms with Gasteiger partial charge < -0.3 is 15.8 Å². The fraction of sp³-hybridized carbons (Fsp3) is 0.294. The Morgan fingerprint density at radius 2 is 2.04 bits per heavy atom. The molecule has 0 fully saturated rings. The van der Waals surface area contributed by atoms with Gasteiger partial charge in [-0.15, -0.1) is 24.8 Å². The van der Waals surface area contributed by atoms with Gasteiger partial charge in [0.25, 0.3) is 0 Å². The van der Waals surface area contributed by atoms with Crippen LogP contribution in [0.1, 0.15) is 19.4 Å². The molecule has 0 spiro atoms. The van der Waals surface area contributed by atoms with Crippen LogP contribution in [0.2, 0.25) is 5.02 Å². The second-order valence-corrected chi connectivity index (χ2v) is 5.96. The van der Waals surface area contributed by atoms with Gasteiger partial charge in [0.05, 0.1) is 11.1 Å². The summed E-state index contributed by atoms with van der Waals surface area (Å²) in [5.74, 6) is 0.370. The number of hydrogen-bond acceptors (Lipinski definition) is 4. The van der Waals surface area contributed by atoms with Crippen LogP contribution in [0.5, 0.6) is 5.75 Å². The molecule has 1 aromatic carbocycles. The van der Waals surface area contributed by atoms with Crippen molar-refractivity contribution in [2.24, 2.45) is 11.7 Å². The molecule has 1 heterocycles. The van der Waals surface area contributed by atoms with E-state index in [9.17, 15) is 4.79 Å². The van der Waals surface area contributed by atoms with Crippen LogP contribution in [-0.4, -0.2) is 16.9 Å². The first-order valence-corrected chi connectivity index (χ1v) is 7.73. The Balaban J connectivity index is 0.00000288. The quantitative estimate of drug-likeness (QED) is 0.758. The zero-order valence-electron chi connectivity index (χ0n) is 13.9. The topological polar surface area (TPSA) is 77.2 Å². The number of carbonyl (C=O) groups is 1. The number of carbonyl (C=O) groups excluding carboxylic acids is 1. The van der Waals surface area contributed by atoms with Crippen molar-refractivity contribution in [3.8, 4) is 5.75 Å². The summed E-state index contributed by atoms with van der Waals surface area (Å²) in [5, 5.41) is 3.17. The number of nitrogens with one attached hydrogen (secondary N) is 1. The van der Waals surface area contributed by atoms with Crippen LogP contribution in [0.25, 0.3) is 0 Å². The summed E-state index contributed by atoms with van der Waals surface area (Å²) in [6, 6.07) is 8.30. The van der Waals surface area contributed by atoms with E-state index in [-0.39, 0.29) is 36.6 Å². The Morgan fingerprint density at radius 3 is 2.60 bits per heavy atom.